The van der Waals surface area contributed by atoms with Crippen LogP contribution in [0.3, 0.4) is 0 Å². The lowest BCUT2D eigenvalue weighted by Gasteiger charge is -2.13. The van der Waals surface area contributed by atoms with Gasteiger partial charge in [-0.15, -0.1) is 0 Å². The van der Waals surface area contributed by atoms with Gasteiger partial charge in [0.1, 0.15) is 11.2 Å². The second-order valence-electron chi connectivity index (χ2n) is 14.6. The van der Waals surface area contributed by atoms with E-state index >= 15 is 0 Å². The van der Waals surface area contributed by atoms with E-state index < -0.39 is 0 Å². The third-order valence-electron chi connectivity index (χ3n) is 11.2. The largest absolute Gasteiger partial charge is 0.455 e. The van der Waals surface area contributed by atoms with Crippen molar-refractivity contribution < 1.29 is 4.42 Å². The molecule has 4 nitrogen and oxygen atoms in total. The number of aromatic nitrogens is 3. The highest BCUT2D eigenvalue weighted by Crippen LogP contribution is 2.44. The second kappa shape index (κ2) is 13.7. The van der Waals surface area contributed by atoms with Crippen molar-refractivity contribution >= 4 is 49.1 Å². The van der Waals surface area contributed by atoms with Gasteiger partial charge in [0.25, 0.3) is 0 Å². The van der Waals surface area contributed by atoms with Crippen LogP contribution in [0.1, 0.15) is 18.7 Å². The molecule has 0 bridgehead atoms. The molecule has 2 heterocycles. The molecule has 268 valence electrons. The van der Waals surface area contributed by atoms with Crippen molar-refractivity contribution in [2.45, 2.75) is 12.8 Å². The first-order valence-corrected chi connectivity index (χ1v) is 19.5. The van der Waals surface area contributed by atoms with Gasteiger partial charge in [0, 0.05) is 27.3 Å². The van der Waals surface area contributed by atoms with Crippen molar-refractivity contribution in [3.8, 4) is 56.2 Å². The van der Waals surface area contributed by atoms with Gasteiger partial charge in [0.15, 0.2) is 17.5 Å². The molecule has 0 N–H and O–H groups in total. The predicted octanol–water partition coefficient (Wildman–Crippen LogP) is 14.1. The molecule has 10 aromatic rings. The summed E-state index contributed by atoms with van der Waals surface area (Å²) in [6.45, 7) is 0. The van der Waals surface area contributed by atoms with E-state index in [2.05, 4.69) is 182 Å². The summed E-state index contributed by atoms with van der Waals surface area (Å²) in [5.41, 5.74) is 11.7. The fourth-order valence-electron chi connectivity index (χ4n) is 8.41. The van der Waals surface area contributed by atoms with Crippen molar-refractivity contribution in [3.63, 3.8) is 0 Å². The average Bonchev–Trinajstić information content (AvgIpc) is 3.68. The fourth-order valence-corrected chi connectivity index (χ4v) is 8.41. The highest BCUT2D eigenvalue weighted by Gasteiger charge is 2.20. The Labute approximate surface area is 330 Å². The highest BCUT2D eigenvalue weighted by molar-refractivity contribution is 6.23. The first-order valence-electron chi connectivity index (χ1n) is 19.5. The van der Waals surface area contributed by atoms with Crippen LogP contribution in [0.15, 0.2) is 193 Å². The minimum Gasteiger partial charge on any atom is -0.455 e. The Bertz CT molecular complexity index is 3220. The number of hydrogen-bond donors (Lipinski definition) is 0. The van der Waals surface area contributed by atoms with Crippen LogP contribution in [0, 0.1) is 0 Å². The Kier molecular flexibility index (Phi) is 7.92. The molecule has 0 unspecified atom stereocenters. The average molecular weight is 730 g/mol. The van der Waals surface area contributed by atoms with Gasteiger partial charge in [0.05, 0.1) is 0 Å². The van der Waals surface area contributed by atoms with Crippen LogP contribution in [-0.4, -0.2) is 15.0 Å². The summed E-state index contributed by atoms with van der Waals surface area (Å²) in [6, 6.07) is 60.0. The molecule has 11 rings (SSSR count). The van der Waals surface area contributed by atoms with Crippen LogP contribution in [0.2, 0.25) is 0 Å². The lowest BCUT2D eigenvalue weighted by Crippen LogP contribution is -2.03. The van der Waals surface area contributed by atoms with Crippen LogP contribution in [0.25, 0.3) is 105 Å². The Morgan fingerprint density at radius 1 is 0.421 bits per heavy atom. The lowest BCUT2D eigenvalue weighted by molar-refractivity contribution is 0.673. The predicted molar refractivity (Wildman–Crippen MR) is 236 cm³/mol. The van der Waals surface area contributed by atoms with Crippen molar-refractivity contribution in [2.75, 3.05) is 0 Å². The number of fused-ring (bicyclic) bond motifs is 6. The van der Waals surface area contributed by atoms with Gasteiger partial charge in [-0.25, -0.2) is 15.0 Å². The first kappa shape index (κ1) is 33.0. The molecule has 0 aliphatic heterocycles. The molecule has 8 aromatic carbocycles. The summed E-state index contributed by atoms with van der Waals surface area (Å²) >= 11 is 0. The van der Waals surface area contributed by atoms with Crippen LogP contribution in [0.4, 0.5) is 0 Å². The fraction of sp³-hybridized carbons (Fsp3) is 0.0377. The molecule has 0 fully saturated rings. The maximum atomic E-state index is 6.72. The van der Waals surface area contributed by atoms with E-state index in [0.29, 0.717) is 11.6 Å². The monoisotopic (exact) mass is 729 g/mol. The van der Waals surface area contributed by atoms with Crippen molar-refractivity contribution in [3.05, 3.63) is 194 Å². The molecule has 1 aliphatic rings. The maximum absolute atomic E-state index is 6.72. The molecule has 4 heteroatoms. The molecule has 0 atom stereocenters. The van der Waals surface area contributed by atoms with E-state index in [9.17, 15) is 0 Å². The van der Waals surface area contributed by atoms with Gasteiger partial charge < -0.3 is 4.42 Å². The smallest absolute Gasteiger partial charge is 0.164 e. The number of allylic oxidation sites excluding steroid dienone is 4. The zero-order valence-electron chi connectivity index (χ0n) is 31.1. The second-order valence-corrected chi connectivity index (χ2v) is 14.6. The van der Waals surface area contributed by atoms with E-state index in [1.807, 2.05) is 6.07 Å². The van der Waals surface area contributed by atoms with Crippen molar-refractivity contribution in [1.29, 1.82) is 0 Å². The summed E-state index contributed by atoms with van der Waals surface area (Å²) in [5, 5.41) is 6.95. The summed E-state index contributed by atoms with van der Waals surface area (Å²) in [6.07, 6.45) is 8.27. The molecule has 0 saturated carbocycles. The SMILES string of the molecule is C1=CCCC(c2nc(-c3ccc(-c4cccc5oc6c7ccccc7c(-c7cccc8ccccc78)cc6c45)cc3)nc(-c3cccc(-c4ccccc4)c3)n2)=C1. The molecular formula is C53H35N3O. The summed E-state index contributed by atoms with van der Waals surface area (Å²) in [5.74, 6) is 2.04. The molecular weight excluding hydrogens is 695 g/mol. The van der Waals surface area contributed by atoms with Gasteiger partial charge >= 0.3 is 0 Å². The van der Waals surface area contributed by atoms with Crippen LogP contribution in [-0.2, 0) is 0 Å². The van der Waals surface area contributed by atoms with Crippen molar-refractivity contribution in [1.82, 2.24) is 15.0 Å². The van der Waals surface area contributed by atoms with E-state index in [1.54, 1.807) is 0 Å². The zero-order chi connectivity index (χ0) is 37.7. The zero-order valence-corrected chi connectivity index (χ0v) is 31.1. The van der Waals surface area contributed by atoms with Crippen LogP contribution >= 0.6 is 0 Å². The minimum atomic E-state index is 0.653. The Morgan fingerprint density at radius 2 is 1.07 bits per heavy atom. The normalized spacial score (nSPS) is 12.8. The Balaban J connectivity index is 1.04. The number of hydrogen-bond acceptors (Lipinski definition) is 4. The molecule has 0 saturated heterocycles. The number of rotatable bonds is 6. The summed E-state index contributed by atoms with van der Waals surface area (Å²) in [7, 11) is 0. The van der Waals surface area contributed by atoms with Crippen molar-refractivity contribution in [2.24, 2.45) is 0 Å². The molecule has 0 amide bonds. The van der Waals surface area contributed by atoms with Gasteiger partial charge in [0.2, 0.25) is 0 Å². The molecule has 0 spiro atoms. The number of nitrogens with zero attached hydrogens (tertiary/aromatic N) is 3. The first-order chi connectivity index (χ1) is 28.2. The quantitative estimate of drug-likeness (QED) is 0.171. The van der Waals surface area contributed by atoms with Crippen LogP contribution < -0.4 is 0 Å². The molecule has 57 heavy (non-hydrogen) atoms. The number of benzene rings is 8. The number of furan rings is 1. The van der Waals surface area contributed by atoms with Crippen LogP contribution in [0.5, 0.6) is 0 Å². The molecule has 1 aliphatic carbocycles. The summed E-state index contributed by atoms with van der Waals surface area (Å²) in [4.78, 5) is 15.2. The lowest BCUT2D eigenvalue weighted by atomic mass is 9.91. The van der Waals surface area contributed by atoms with Gasteiger partial charge in [-0.2, -0.15) is 0 Å². The molecule has 0 radical (unpaired) electrons. The van der Waals surface area contributed by atoms with Gasteiger partial charge in [-0.05, 0) is 86.2 Å². The van der Waals surface area contributed by atoms with Gasteiger partial charge in [-0.3, -0.25) is 0 Å². The minimum absolute atomic E-state index is 0.653. The van der Waals surface area contributed by atoms with Gasteiger partial charge in [-0.1, -0.05) is 170 Å². The van der Waals surface area contributed by atoms with E-state index in [0.717, 1.165) is 84.9 Å². The van der Waals surface area contributed by atoms with E-state index in [1.165, 1.54) is 27.3 Å². The Hall–Kier alpha value is -7.43. The topological polar surface area (TPSA) is 51.8 Å². The Morgan fingerprint density at radius 3 is 1.91 bits per heavy atom. The van der Waals surface area contributed by atoms with E-state index in [-0.39, 0.29) is 0 Å². The van der Waals surface area contributed by atoms with E-state index in [4.69, 9.17) is 19.4 Å². The highest BCUT2D eigenvalue weighted by atomic mass is 16.3. The standard InChI is InChI=1S/C53H35N3O/c1-3-14-34(15-4-1)39-20-11-21-40(32-39)53-55-51(37-17-5-2-6-18-37)54-52(56-53)38-30-28-36(29-31-38)42-25-13-27-48-49(42)47-33-46(44-23-9-10-24-45(44)50(47)57-48)43-26-12-19-35-16-7-8-22-41(35)43/h1-5,7-17,19-33H,6,18H2. The third kappa shape index (κ3) is 5.82. The summed E-state index contributed by atoms with van der Waals surface area (Å²) < 4.78 is 6.72. The molecule has 2 aromatic heterocycles. The third-order valence-corrected chi connectivity index (χ3v) is 11.2. The maximum Gasteiger partial charge on any atom is 0.164 e.